The van der Waals surface area contributed by atoms with Gasteiger partial charge in [0.05, 0.1) is 4.47 Å². The van der Waals surface area contributed by atoms with Crippen molar-refractivity contribution in [3.63, 3.8) is 0 Å². The van der Waals surface area contributed by atoms with Crippen LogP contribution in [0.5, 0.6) is 0 Å². The minimum Gasteiger partial charge on any atom is -0.344 e. The number of hydrogen-bond donors (Lipinski definition) is 0. The molecule has 14 heavy (non-hydrogen) atoms. The van der Waals surface area contributed by atoms with Crippen molar-refractivity contribution in [1.29, 1.82) is 0 Å². The SMILES string of the molecule is CN(CC1CCC1)c1ncc(Br)cn1. The average Bonchev–Trinajstić information content (AvgIpc) is 2.12. The van der Waals surface area contributed by atoms with Crippen molar-refractivity contribution in [3.05, 3.63) is 16.9 Å². The monoisotopic (exact) mass is 255 g/mol. The van der Waals surface area contributed by atoms with Gasteiger partial charge in [-0.3, -0.25) is 0 Å². The molecule has 1 aromatic heterocycles. The second-order valence-electron chi connectivity index (χ2n) is 3.88. The molecule has 1 fully saturated rings. The molecule has 1 aliphatic carbocycles. The van der Waals surface area contributed by atoms with Crippen LogP contribution in [0.4, 0.5) is 5.95 Å². The molecule has 1 saturated carbocycles. The third-order valence-electron chi connectivity index (χ3n) is 2.70. The number of halogens is 1. The van der Waals surface area contributed by atoms with E-state index in [0.717, 1.165) is 22.9 Å². The molecule has 0 aliphatic heterocycles. The van der Waals surface area contributed by atoms with Crippen molar-refractivity contribution < 1.29 is 0 Å². The van der Waals surface area contributed by atoms with E-state index in [1.54, 1.807) is 12.4 Å². The summed E-state index contributed by atoms with van der Waals surface area (Å²) in [6, 6.07) is 0. The molecule has 76 valence electrons. The van der Waals surface area contributed by atoms with Gasteiger partial charge in [-0.15, -0.1) is 0 Å². The zero-order chi connectivity index (χ0) is 9.97. The largest absolute Gasteiger partial charge is 0.344 e. The number of rotatable bonds is 3. The average molecular weight is 256 g/mol. The van der Waals surface area contributed by atoms with Crippen LogP contribution in [0, 0.1) is 5.92 Å². The van der Waals surface area contributed by atoms with Gasteiger partial charge in [0.15, 0.2) is 0 Å². The minimum absolute atomic E-state index is 0.820. The predicted molar refractivity (Wildman–Crippen MR) is 60.3 cm³/mol. The van der Waals surface area contributed by atoms with Crippen LogP contribution < -0.4 is 4.90 Å². The van der Waals surface area contributed by atoms with Crippen molar-refractivity contribution in [2.75, 3.05) is 18.5 Å². The fourth-order valence-electron chi connectivity index (χ4n) is 1.65. The Labute approximate surface area is 92.7 Å². The van der Waals surface area contributed by atoms with Gasteiger partial charge in [0.1, 0.15) is 0 Å². The Balaban J connectivity index is 1.95. The first-order valence-electron chi connectivity index (χ1n) is 4.94. The first-order valence-corrected chi connectivity index (χ1v) is 5.73. The van der Waals surface area contributed by atoms with Crippen molar-refractivity contribution in [1.82, 2.24) is 9.97 Å². The molecule has 2 rings (SSSR count). The summed E-state index contributed by atoms with van der Waals surface area (Å²) in [5.74, 6) is 1.67. The highest BCUT2D eigenvalue weighted by atomic mass is 79.9. The lowest BCUT2D eigenvalue weighted by Gasteiger charge is -2.29. The van der Waals surface area contributed by atoms with Crippen molar-refractivity contribution in [2.24, 2.45) is 5.92 Å². The smallest absolute Gasteiger partial charge is 0.225 e. The maximum absolute atomic E-state index is 4.26. The Morgan fingerprint density at radius 3 is 2.57 bits per heavy atom. The fourth-order valence-corrected chi connectivity index (χ4v) is 1.85. The molecule has 0 amide bonds. The summed E-state index contributed by atoms with van der Waals surface area (Å²) in [5.41, 5.74) is 0. The number of hydrogen-bond acceptors (Lipinski definition) is 3. The molecule has 1 aromatic rings. The lowest BCUT2D eigenvalue weighted by Crippen LogP contribution is -2.30. The lowest BCUT2D eigenvalue weighted by atomic mass is 9.85. The van der Waals surface area contributed by atoms with Crippen LogP contribution in [0.15, 0.2) is 16.9 Å². The quantitative estimate of drug-likeness (QED) is 0.831. The molecular formula is C10H14BrN3. The topological polar surface area (TPSA) is 29.0 Å². The molecular weight excluding hydrogens is 242 g/mol. The summed E-state index contributed by atoms with van der Waals surface area (Å²) in [4.78, 5) is 10.7. The van der Waals surface area contributed by atoms with E-state index < -0.39 is 0 Å². The summed E-state index contributed by atoms with van der Waals surface area (Å²) in [6.07, 6.45) is 7.70. The van der Waals surface area contributed by atoms with Crippen LogP contribution in [0.1, 0.15) is 19.3 Å². The third kappa shape index (κ3) is 2.23. The zero-order valence-corrected chi connectivity index (χ0v) is 9.87. The standard InChI is InChI=1S/C10H14BrN3/c1-14(7-8-3-2-4-8)10-12-5-9(11)6-13-10/h5-6,8H,2-4,7H2,1H3. The molecule has 0 radical (unpaired) electrons. The minimum atomic E-state index is 0.820. The maximum Gasteiger partial charge on any atom is 0.225 e. The summed E-state index contributed by atoms with van der Waals surface area (Å²) < 4.78 is 0.929. The first kappa shape index (κ1) is 9.90. The summed E-state index contributed by atoms with van der Waals surface area (Å²) in [6.45, 7) is 1.08. The molecule has 4 heteroatoms. The molecule has 0 unspecified atom stereocenters. The Kier molecular flexibility index (Phi) is 3.01. The zero-order valence-electron chi connectivity index (χ0n) is 8.28. The number of nitrogens with zero attached hydrogens (tertiary/aromatic N) is 3. The van der Waals surface area contributed by atoms with Crippen molar-refractivity contribution in [3.8, 4) is 0 Å². The van der Waals surface area contributed by atoms with Gasteiger partial charge in [-0.2, -0.15) is 0 Å². The molecule has 0 N–H and O–H groups in total. The Morgan fingerprint density at radius 1 is 1.43 bits per heavy atom. The van der Waals surface area contributed by atoms with E-state index in [2.05, 4.69) is 37.8 Å². The van der Waals surface area contributed by atoms with Gasteiger partial charge in [-0.05, 0) is 34.7 Å². The van der Waals surface area contributed by atoms with Crippen molar-refractivity contribution >= 4 is 21.9 Å². The molecule has 0 atom stereocenters. The van der Waals surface area contributed by atoms with Gasteiger partial charge < -0.3 is 4.90 Å². The Morgan fingerprint density at radius 2 is 2.07 bits per heavy atom. The van der Waals surface area contributed by atoms with Gasteiger partial charge in [-0.1, -0.05) is 6.42 Å². The van der Waals surface area contributed by atoms with Crippen LogP contribution in [0.25, 0.3) is 0 Å². The van der Waals surface area contributed by atoms with Crippen LogP contribution in [0.2, 0.25) is 0 Å². The highest BCUT2D eigenvalue weighted by molar-refractivity contribution is 9.10. The van der Waals surface area contributed by atoms with Crippen LogP contribution in [0.3, 0.4) is 0 Å². The number of aromatic nitrogens is 2. The van der Waals surface area contributed by atoms with Crippen molar-refractivity contribution in [2.45, 2.75) is 19.3 Å². The Hall–Kier alpha value is -0.640. The summed E-state index contributed by atoms with van der Waals surface area (Å²) in [5, 5.41) is 0. The van der Waals surface area contributed by atoms with Gasteiger partial charge >= 0.3 is 0 Å². The summed E-state index contributed by atoms with van der Waals surface area (Å²) >= 11 is 3.33. The van der Waals surface area contributed by atoms with E-state index >= 15 is 0 Å². The van der Waals surface area contributed by atoms with E-state index in [0.29, 0.717) is 0 Å². The Bertz CT molecular complexity index is 295. The molecule has 3 nitrogen and oxygen atoms in total. The van der Waals surface area contributed by atoms with Gasteiger partial charge in [-0.25, -0.2) is 9.97 Å². The number of anilines is 1. The molecule has 1 aliphatic rings. The van der Waals surface area contributed by atoms with E-state index in [-0.39, 0.29) is 0 Å². The predicted octanol–water partition coefficient (Wildman–Crippen LogP) is 2.48. The molecule has 0 saturated heterocycles. The van der Waals surface area contributed by atoms with E-state index in [9.17, 15) is 0 Å². The second kappa shape index (κ2) is 4.26. The maximum atomic E-state index is 4.26. The van der Waals surface area contributed by atoms with Crippen LogP contribution in [-0.2, 0) is 0 Å². The summed E-state index contributed by atoms with van der Waals surface area (Å²) in [7, 11) is 2.06. The van der Waals surface area contributed by atoms with Gasteiger partial charge in [0, 0.05) is 26.0 Å². The van der Waals surface area contributed by atoms with Gasteiger partial charge in [0.25, 0.3) is 0 Å². The van der Waals surface area contributed by atoms with E-state index in [1.807, 2.05) is 0 Å². The third-order valence-corrected chi connectivity index (χ3v) is 3.11. The lowest BCUT2D eigenvalue weighted by molar-refractivity contribution is 0.320. The molecule has 0 spiro atoms. The highest BCUT2D eigenvalue weighted by Gasteiger charge is 2.19. The van der Waals surface area contributed by atoms with Gasteiger partial charge in [0.2, 0.25) is 5.95 Å². The molecule has 1 heterocycles. The van der Waals surface area contributed by atoms with E-state index in [4.69, 9.17) is 0 Å². The normalized spacial score (nSPS) is 16.4. The molecule has 0 bridgehead atoms. The first-order chi connectivity index (χ1) is 6.75. The molecule has 0 aromatic carbocycles. The van der Waals surface area contributed by atoms with Crippen LogP contribution in [-0.4, -0.2) is 23.6 Å². The highest BCUT2D eigenvalue weighted by Crippen LogP contribution is 2.27. The van der Waals surface area contributed by atoms with Crippen LogP contribution >= 0.6 is 15.9 Å². The van der Waals surface area contributed by atoms with E-state index in [1.165, 1.54) is 19.3 Å². The fraction of sp³-hybridized carbons (Fsp3) is 0.600. The second-order valence-corrected chi connectivity index (χ2v) is 4.79.